The molecule has 1 amide bonds. The van der Waals surface area contributed by atoms with Crippen molar-refractivity contribution in [3.05, 3.63) is 34.1 Å². The normalized spacial score (nSPS) is 15.9. The zero-order chi connectivity index (χ0) is 12.7. The number of nitrogens with zero attached hydrogens (tertiary/aromatic N) is 1. The van der Waals surface area contributed by atoms with Crippen LogP contribution in [0.1, 0.15) is 22.8 Å². The Labute approximate surface area is 102 Å². The van der Waals surface area contributed by atoms with E-state index < -0.39 is 23.7 Å². The third-order valence-electron chi connectivity index (χ3n) is 2.80. The third-order valence-corrected chi connectivity index (χ3v) is 3.02. The van der Waals surface area contributed by atoms with Crippen molar-refractivity contribution in [1.82, 2.24) is 4.90 Å². The van der Waals surface area contributed by atoms with Crippen molar-refractivity contribution in [3.8, 4) is 0 Å². The maximum Gasteiger partial charge on any atom is 0.326 e. The number of hydrogen-bond donors (Lipinski definition) is 1. The van der Waals surface area contributed by atoms with Crippen molar-refractivity contribution in [1.29, 1.82) is 0 Å². The smallest absolute Gasteiger partial charge is 0.326 e. The van der Waals surface area contributed by atoms with E-state index in [-0.39, 0.29) is 22.7 Å². The van der Waals surface area contributed by atoms with E-state index in [0.29, 0.717) is 0 Å². The summed E-state index contributed by atoms with van der Waals surface area (Å²) in [7, 11) is 0. The summed E-state index contributed by atoms with van der Waals surface area (Å²) in [6.07, 6.45) is 0. The van der Waals surface area contributed by atoms with Crippen LogP contribution in [0.3, 0.4) is 0 Å². The van der Waals surface area contributed by atoms with Gasteiger partial charge in [-0.25, -0.2) is 9.18 Å². The number of rotatable bonds is 2. The van der Waals surface area contributed by atoms with Crippen LogP contribution in [0.5, 0.6) is 0 Å². The van der Waals surface area contributed by atoms with E-state index in [1.807, 2.05) is 0 Å². The summed E-state index contributed by atoms with van der Waals surface area (Å²) in [6.45, 7) is 1.34. The number of benzene rings is 1. The molecule has 1 aromatic carbocycles. The molecule has 1 aliphatic heterocycles. The van der Waals surface area contributed by atoms with Crippen LogP contribution in [-0.2, 0) is 11.3 Å². The van der Waals surface area contributed by atoms with Gasteiger partial charge in [-0.15, -0.1) is 0 Å². The molecular weight excluding hydrogens is 249 g/mol. The molecule has 0 radical (unpaired) electrons. The van der Waals surface area contributed by atoms with Crippen molar-refractivity contribution in [2.24, 2.45) is 0 Å². The molecule has 1 aliphatic rings. The predicted molar refractivity (Wildman–Crippen MR) is 58.4 cm³/mol. The van der Waals surface area contributed by atoms with Gasteiger partial charge in [0.25, 0.3) is 5.91 Å². The second-order valence-corrected chi connectivity index (χ2v) is 4.30. The fourth-order valence-electron chi connectivity index (χ4n) is 1.80. The Balaban J connectivity index is 2.42. The van der Waals surface area contributed by atoms with Crippen LogP contribution >= 0.6 is 11.6 Å². The number of aliphatic carboxylic acids is 1. The lowest BCUT2D eigenvalue weighted by Gasteiger charge is -2.19. The van der Waals surface area contributed by atoms with E-state index >= 15 is 0 Å². The first kappa shape index (κ1) is 11.9. The quantitative estimate of drug-likeness (QED) is 0.880. The van der Waals surface area contributed by atoms with Crippen LogP contribution in [0.4, 0.5) is 4.39 Å². The number of amides is 1. The lowest BCUT2D eigenvalue weighted by Crippen LogP contribution is -2.38. The fourth-order valence-corrected chi connectivity index (χ4v) is 2.00. The minimum absolute atomic E-state index is 0.0371. The van der Waals surface area contributed by atoms with E-state index in [9.17, 15) is 14.0 Å². The number of carbonyl (C=O) groups excluding carboxylic acids is 1. The zero-order valence-electron chi connectivity index (χ0n) is 8.91. The maximum atomic E-state index is 13.6. The van der Waals surface area contributed by atoms with Gasteiger partial charge in [0.1, 0.15) is 11.9 Å². The monoisotopic (exact) mass is 257 g/mol. The molecule has 2 rings (SSSR count). The van der Waals surface area contributed by atoms with Crippen molar-refractivity contribution >= 4 is 23.5 Å². The van der Waals surface area contributed by atoms with E-state index in [2.05, 4.69) is 0 Å². The van der Waals surface area contributed by atoms with E-state index in [4.69, 9.17) is 16.7 Å². The number of fused-ring (bicyclic) bond motifs is 1. The molecule has 1 aromatic rings. The molecule has 0 spiro atoms. The summed E-state index contributed by atoms with van der Waals surface area (Å²) in [6, 6.07) is 1.48. The summed E-state index contributed by atoms with van der Waals surface area (Å²) in [4.78, 5) is 23.8. The molecule has 0 bridgehead atoms. The molecule has 0 saturated heterocycles. The number of carboxylic acids is 1. The Hall–Kier alpha value is -1.62. The highest BCUT2D eigenvalue weighted by Crippen LogP contribution is 2.29. The van der Waals surface area contributed by atoms with Crippen LogP contribution in [0, 0.1) is 5.82 Å². The molecule has 0 saturated carbocycles. The molecule has 0 fully saturated rings. The summed E-state index contributed by atoms with van der Waals surface area (Å²) in [5.74, 6) is -2.21. The summed E-state index contributed by atoms with van der Waals surface area (Å²) < 4.78 is 13.6. The fraction of sp³-hybridized carbons (Fsp3) is 0.273. The molecule has 1 atom stereocenters. The van der Waals surface area contributed by atoms with Crippen molar-refractivity contribution in [2.75, 3.05) is 0 Å². The Morgan fingerprint density at radius 1 is 1.59 bits per heavy atom. The van der Waals surface area contributed by atoms with Gasteiger partial charge in [-0.1, -0.05) is 11.6 Å². The Morgan fingerprint density at radius 3 is 2.82 bits per heavy atom. The molecule has 4 nitrogen and oxygen atoms in total. The number of carboxylic acid groups (broad SMARTS) is 1. The summed E-state index contributed by atoms with van der Waals surface area (Å²) in [5, 5.41) is 8.97. The van der Waals surface area contributed by atoms with E-state index in [1.165, 1.54) is 13.0 Å². The lowest BCUT2D eigenvalue weighted by atomic mass is 10.1. The average Bonchev–Trinajstić information content (AvgIpc) is 2.56. The van der Waals surface area contributed by atoms with Crippen LogP contribution in [-0.4, -0.2) is 27.9 Å². The first-order valence-corrected chi connectivity index (χ1v) is 5.31. The second kappa shape index (κ2) is 4.00. The molecule has 90 valence electrons. The number of carbonyl (C=O) groups is 2. The Morgan fingerprint density at radius 2 is 2.24 bits per heavy atom. The van der Waals surface area contributed by atoms with Gasteiger partial charge >= 0.3 is 5.97 Å². The van der Waals surface area contributed by atoms with Gasteiger partial charge in [0.15, 0.2) is 0 Å². The largest absolute Gasteiger partial charge is 0.480 e. The van der Waals surface area contributed by atoms with Crippen LogP contribution in [0.25, 0.3) is 0 Å². The van der Waals surface area contributed by atoms with Crippen LogP contribution in [0.15, 0.2) is 12.1 Å². The van der Waals surface area contributed by atoms with Gasteiger partial charge in [0.05, 0.1) is 6.54 Å². The standard InChI is InChI=1S/C11H9ClFNO3/c1-5(11(16)17)14-4-8-7(10(14)15)2-6(12)3-9(8)13/h2-3,5H,4H2,1H3,(H,16,17)/t5-/m1/s1. The van der Waals surface area contributed by atoms with Crippen molar-refractivity contribution < 1.29 is 19.1 Å². The maximum absolute atomic E-state index is 13.6. The summed E-state index contributed by atoms with van der Waals surface area (Å²) in [5.41, 5.74) is 0.343. The topological polar surface area (TPSA) is 57.6 Å². The first-order chi connectivity index (χ1) is 7.91. The molecule has 1 N–H and O–H groups in total. The highest BCUT2D eigenvalue weighted by Gasteiger charge is 2.35. The van der Waals surface area contributed by atoms with Gasteiger partial charge in [0.2, 0.25) is 0 Å². The van der Waals surface area contributed by atoms with Crippen molar-refractivity contribution in [2.45, 2.75) is 19.5 Å². The van der Waals surface area contributed by atoms with Crippen molar-refractivity contribution in [3.63, 3.8) is 0 Å². The zero-order valence-corrected chi connectivity index (χ0v) is 9.66. The van der Waals surface area contributed by atoms with E-state index in [1.54, 1.807) is 0 Å². The van der Waals surface area contributed by atoms with Gasteiger partial charge < -0.3 is 10.0 Å². The third kappa shape index (κ3) is 1.86. The second-order valence-electron chi connectivity index (χ2n) is 3.86. The molecule has 17 heavy (non-hydrogen) atoms. The lowest BCUT2D eigenvalue weighted by molar-refractivity contribution is -0.141. The molecule has 0 aromatic heterocycles. The SMILES string of the molecule is C[C@H](C(=O)O)N1Cc2c(F)cc(Cl)cc2C1=O. The molecule has 1 heterocycles. The minimum atomic E-state index is -1.13. The first-order valence-electron chi connectivity index (χ1n) is 4.93. The Kier molecular flexibility index (Phi) is 2.79. The highest BCUT2D eigenvalue weighted by molar-refractivity contribution is 6.31. The molecular formula is C11H9ClFNO3. The average molecular weight is 258 g/mol. The van der Waals surface area contributed by atoms with Gasteiger partial charge in [-0.05, 0) is 19.1 Å². The highest BCUT2D eigenvalue weighted by atomic mass is 35.5. The number of halogens is 2. The van der Waals surface area contributed by atoms with E-state index in [0.717, 1.165) is 11.0 Å². The molecule has 0 unspecified atom stereocenters. The van der Waals surface area contributed by atoms with Gasteiger partial charge in [-0.3, -0.25) is 4.79 Å². The van der Waals surface area contributed by atoms with Gasteiger partial charge in [-0.2, -0.15) is 0 Å². The van der Waals surface area contributed by atoms with Crippen LogP contribution in [0.2, 0.25) is 5.02 Å². The minimum Gasteiger partial charge on any atom is -0.480 e. The number of hydrogen-bond acceptors (Lipinski definition) is 2. The van der Waals surface area contributed by atoms with Crippen LogP contribution < -0.4 is 0 Å². The summed E-state index contributed by atoms with van der Waals surface area (Å²) >= 11 is 5.66. The molecule has 6 heteroatoms. The van der Waals surface area contributed by atoms with Gasteiger partial charge in [0, 0.05) is 16.1 Å². The predicted octanol–water partition coefficient (Wildman–Crippen LogP) is 1.91. The Bertz CT molecular complexity index is 518. The molecule has 0 aliphatic carbocycles.